The van der Waals surface area contributed by atoms with Gasteiger partial charge in [-0.05, 0) is 49.4 Å². The Morgan fingerprint density at radius 1 is 1.33 bits per heavy atom. The molecule has 0 spiro atoms. The molecule has 0 heterocycles. The molecular formula is C16H24FN. The lowest BCUT2D eigenvalue weighted by Gasteiger charge is -2.35. The van der Waals surface area contributed by atoms with Crippen molar-refractivity contribution in [3.8, 4) is 0 Å². The van der Waals surface area contributed by atoms with E-state index in [-0.39, 0.29) is 11.2 Å². The van der Waals surface area contributed by atoms with Crippen molar-refractivity contribution in [2.75, 3.05) is 13.1 Å². The van der Waals surface area contributed by atoms with Gasteiger partial charge in [0.2, 0.25) is 0 Å². The molecule has 1 aromatic carbocycles. The molecule has 2 heteroatoms. The zero-order valence-corrected chi connectivity index (χ0v) is 11.5. The van der Waals surface area contributed by atoms with E-state index in [2.05, 4.69) is 19.2 Å². The van der Waals surface area contributed by atoms with Crippen molar-refractivity contribution in [3.63, 3.8) is 0 Å². The first-order chi connectivity index (χ1) is 8.69. The Labute approximate surface area is 110 Å². The van der Waals surface area contributed by atoms with Crippen LogP contribution in [0.25, 0.3) is 0 Å². The van der Waals surface area contributed by atoms with E-state index < -0.39 is 0 Å². The minimum atomic E-state index is -0.138. The number of nitrogens with one attached hydrogen (secondary N) is 1. The van der Waals surface area contributed by atoms with E-state index in [1.165, 1.54) is 24.8 Å². The van der Waals surface area contributed by atoms with E-state index in [0.717, 1.165) is 19.5 Å². The van der Waals surface area contributed by atoms with E-state index in [0.29, 0.717) is 5.92 Å². The number of hydrogen-bond acceptors (Lipinski definition) is 1. The summed E-state index contributed by atoms with van der Waals surface area (Å²) in [4.78, 5) is 0. The van der Waals surface area contributed by atoms with E-state index in [1.807, 2.05) is 12.1 Å². The maximum absolute atomic E-state index is 13.1. The fourth-order valence-corrected chi connectivity index (χ4v) is 3.31. The molecule has 18 heavy (non-hydrogen) atoms. The summed E-state index contributed by atoms with van der Waals surface area (Å²) in [6.45, 7) is 6.61. The van der Waals surface area contributed by atoms with Gasteiger partial charge in [0.1, 0.15) is 5.82 Å². The van der Waals surface area contributed by atoms with Gasteiger partial charge in [0.15, 0.2) is 0 Å². The average molecular weight is 249 g/mol. The molecule has 0 aromatic heterocycles. The van der Waals surface area contributed by atoms with Crippen LogP contribution in [0.4, 0.5) is 4.39 Å². The first-order valence-corrected chi connectivity index (χ1v) is 7.16. The van der Waals surface area contributed by atoms with Gasteiger partial charge in [0.25, 0.3) is 0 Å². The van der Waals surface area contributed by atoms with Crippen LogP contribution in [0.15, 0.2) is 24.3 Å². The van der Waals surface area contributed by atoms with Crippen LogP contribution in [0.2, 0.25) is 0 Å². The third-order valence-electron chi connectivity index (χ3n) is 4.49. The summed E-state index contributed by atoms with van der Waals surface area (Å²) < 4.78 is 13.1. The SMILES string of the molecule is CCCNCC1(c2ccc(F)cc2)CCCC1C. The second-order valence-electron chi connectivity index (χ2n) is 5.63. The lowest BCUT2D eigenvalue weighted by Crippen LogP contribution is -2.40. The molecule has 1 aliphatic rings. The third kappa shape index (κ3) is 2.59. The highest BCUT2D eigenvalue weighted by atomic mass is 19.1. The number of rotatable bonds is 5. The number of halogens is 1. The average Bonchev–Trinajstić information content (AvgIpc) is 2.73. The second kappa shape index (κ2) is 5.83. The first kappa shape index (κ1) is 13.5. The Morgan fingerprint density at radius 3 is 2.61 bits per heavy atom. The monoisotopic (exact) mass is 249 g/mol. The Bertz CT molecular complexity index is 373. The summed E-state index contributed by atoms with van der Waals surface area (Å²) in [5, 5.41) is 3.57. The molecule has 2 atom stereocenters. The molecule has 0 amide bonds. The van der Waals surface area contributed by atoms with Crippen molar-refractivity contribution in [2.24, 2.45) is 5.92 Å². The van der Waals surface area contributed by atoms with E-state index >= 15 is 0 Å². The highest BCUT2D eigenvalue weighted by molar-refractivity contribution is 5.29. The first-order valence-electron chi connectivity index (χ1n) is 7.16. The highest BCUT2D eigenvalue weighted by Crippen LogP contribution is 2.45. The van der Waals surface area contributed by atoms with Gasteiger partial charge in [-0.1, -0.05) is 32.4 Å². The summed E-state index contributed by atoms with van der Waals surface area (Å²) >= 11 is 0. The molecule has 1 saturated carbocycles. The molecule has 0 bridgehead atoms. The molecule has 0 aliphatic heterocycles. The third-order valence-corrected chi connectivity index (χ3v) is 4.49. The van der Waals surface area contributed by atoms with Crippen LogP contribution in [0.5, 0.6) is 0 Å². The van der Waals surface area contributed by atoms with Gasteiger partial charge in [-0.3, -0.25) is 0 Å². The van der Waals surface area contributed by atoms with Crippen LogP contribution in [-0.2, 0) is 5.41 Å². The van der Waals surface area contributed by atoms with E-state index in [9.17, 15) is 4.39 Å². The van der Waals surface area contributed by atoms with E-state index in [4.69, 9.17) is 0 Å². The van der Waals surface area contributed by atoms with Crippen molar-refractivity contribution in [2.45, 2.75) is 44.9 Å². The zero-order valence-electron chi connectivity index (χ0n) is 11.5. The summed E-state index contributed by atoms with van der Waals surface area (Å²) in [6.07, 6.45) is 4.95. The van der Waals surface area contributed by atoms with Crippen LogP contribution in [0.1, 0.15) is 45.1 Å². The highest BCUT2D eigenvalue weighted by Gasteiger charge is 2.41. The van der Waals surface area contributed by atoms with Crippen LogP contribution in [0, 0.1) is 11.7 Å². The maximum Gasteiger partial charge on any atom is 0.123 e. The Morgan fingerprint density at radius 2 is 2.06 bits per heavy atom. The molecule has 1 nitrogen and oxygen atoms in total. The quantitative estimate of drug-likeness (QED) is 0.781. The predicted octanol–water partition coefficient (Wildman–Crippen LogP) is 3.88. The summed E-state index contributed by atoms with van der Waals surface area (Å²) in [7, 11) is 0. The van der Waals surface area contributed by atoms with Crippen molar-refractivity contribution in [1.29, 1.82) is 0 Å². The normalized spacial score (nSPS) is 27.6. The molecule has 2 unspecified atom stereocenters. The van der Waals surface area contributed by atoms with Gasteiger partial charge >= 0.3 is 0 Å². The number of hydrogen-bond donors (Lipinski definition) is 1. The zero-order chi connectivity index (χ0) is 13.0. The summed E-state index contributed by atoms with van der Waals surface area (Å²) in [5.41, 5.74) is 1.51. The minimum absolute atomic E-state index is 0.138. The second-order valence-corrected chi connectivity index (χ2v) is 5.63. The van der Waals surface area contributed by atoms with E-state index in [1.54, 1.807) is 12.1 Å². The molecule has 2 rings (SSSR count). The standard InChI is InChI=1S/C16H24FN/c1-3-11-18-12-16(10-4-5-13(16)2)14-6-8-15(17)9-7-14/h6-9,13,18H,3-5,10-12H2,1-2H3. The molecular weight excluding hydrogens is 225 g/mol. The Hall–Kier alpha value is -0.890. The van der Waals surface area contributed by atoms with Gasteiger partial charge in [0.05, 0.1) is 0 Å². The fraction of sp³-hybridized carbons (Fsp3) is 0.625. The molecule has 1 aromatic rings. The molecule has 100 valence electrons. The Kier molecular flexibility index (Phi) is 4.39. The van der Waals surface area contributed by atoms with Gasteiger partial charge < -0.3 is 5.32 Å². The Balaban J connectivity index is 2.21. The smallest absolute Gasteiger partial charge is 0.123 e. The molecule has 1 fully saturated rings. The molecule has 1 aliphatic carbocycles. The minimum Gasteiger partial charge on any atom is -0.316 e. The molecule has 0 saturated heterocycles. The largest absolute Gasteiger partial charge is 0.316 e. The van der Waals surface area contributed by atoms with Crippen LogP contribution in [0.3, 0.4) is 0 Å². The van der Waals surface area contributed by atoms with Crippen molar-refractivity contribution in [1.82, 2.24) is 5.32 Å². The molecule has 0 radical (unpaired) electrons. The van der Waals surface area contributed by atoms with Gasteiger partial charge in [-0.2, -0.15) is 0 Å². The van der Waals surface area contributed by atoms with Gasteiger partial charge in [-0.15, -0.1) is 0 Å². The van der Waals surface area contributed by atoms with Crippen LogP contribution in [-0.4, -0.2) is 13.1 Å². The van der Waals surface area contributed by atoms with Crippen molar-refractivity contribution >= 4 is 0 Å². The topological polar surface area (TPSA) is 12.0 Å². The van der Waals surface area contributed by atoms with Crippen LogP contribution >= 0.6 is 0 Å². The summed E-state index contributed by atoms with van der Waals surface area (Å²) in [6, 6.07) is 7.15. The molecule has 1 N–H and O–H groups in total. The number of benzene rings is 1. The predicted molar refractivity (Wildman–Crippen MR) is 74.3 cm³/mol. The van der Waals surface area contributed by atoms with Crippen LogP contribution < -0.4 is 5.32 Å². The maximum atomic E-state index is 13.1. The summed E-state index contributed by atoms with van der Waals surface area (Å²) in [5.74, 6) is 0.536. The lowest BCUT2D eigenvalue weighted by molar-refractivity contribution is 0.317. The van der Waals surface area contributed by atoms with Gasteiger partial charge in [0, 0.05) is 12.0 Å². The fourth-order valence-electron chi connectivity index (χ4n) is 3.31. The van der Waals surface area contributed by atoms with Crippen molar-refractivity contribution < 1.29 is 4.39 Å². The lowest BCUT2D eigenvalue weighted by atomic mass is 9.73. The van der Waals surface area contributed by atoms with Crippen molar-refractivity contribution in [3.05, 3.63) is 35.6 Å². The van der Waals surface area contributed by atoms with Gasteiger partial charge in [-0.25, -0.2) is 4.39 Å².